The molecule has 0 aromatic carbocycles. The summed E-state index contributed by atoms with van der Waals surface area (Å²) in [6, 6.07) is 0. The molecule has 1 N–H and O–H groups in total. The van der Waals surface area contributed by atoms with Gasteiger partial charge in [-0.1, -0.05) is 11.6 Å². The van der Waals surface area contributed by atoms with Crippen LogP contribution in [0.5, 0.6) is 0 Å². The van der Waals surface area contributed by atoms with E-state index in [1.165, 1.54) is 10.1 Å². The van der Waals surface area contributed by atoms with Crippen molar-refractivity contribution in [3.05, 3.63) is 32.5 Å². The summed E-state index contributed by atoms with van der Waals surface area (Å²) in [4.78, 5) is 33.1. The minimum atomic E-state index is -0.429. The molecule has 1 aliphatic heterocycles. The van der Waals surface area contributed by atoms with Gasteiger partial charge in [0.15, 0.2) is 11.2 Å². The van der Waals surface area contributed by atoms with Crippen LogP contribution in [0.2, 0.25) is 0 Å². The Bertz CT molecular complexity index is 932. The molecule has 2 aromatic rings. The van der Waals surface area contributed by atoms with Crippen molar-refractivity contribution in [2.75, 3.05) is 18.0 Å². The zero-order valence-electron chi connectivity index (χ0n) is 13.7. The lowest BCUT2D eigenvalue weighted by molar-refractivity contribution is 0.400. The third kappa shape index (κ3) is 2.06. The number of nitrogens with zero attached hydrogens (tertiary/aromatic N) is 4. The third-order valence-corrected chi connectivity index (χ3v) is 5.32. The van der Waals surface area contributed by atoms with Crippen molar-refractivity contribution in [3.63, 3.8) is 0 Å². The highest BCUT2D eigenvalue weighted by molar-refractivity contribution is 5.74. The Kier molecular flexibility index (Phi) is 3.01. The molecule has 2 aromatic heterocycles. The average Bonchev–Trinajstić information content (AvgIpc) is 3.05. The zero-order valence-corrected chi connectivity index (χ0v) is 13.7. The van der Waals surface area contributed by atoms with E-state index in [9.17, 15) is 9.59 Å². The fourth-order valence-electron chi connectivity index (χ4n) is 4.03. The van der Waals surface area contributed by atoms with E-state index in [-0.39, 0.29) is 5.56 Å². The summed E-state index contributed by atoms with van der Waals surface area (Å²) >= 11 is 0. The summed E-state index contributed by atoms with van der Waals surface area (Å²) < 4.78 is 3.21. The van der Waals surface area contributed by atoms with Gasteiger partial charge in [0.25, 0.3) is 5.56 Å². The molecule has 0 saturated carbocycles. The van der Waals surface area contributed by atoms with E-state index in [0.717, 1.165) is 31.9 Å². The van der Waals surface area contributed by atoms with Gasteiger partial charge in [0.2, 0.25) is 5.95 Å². The lowest BCUT2D eigenvalue weighted by Crippen LogP contribution is -2.29. The second kappa shape index (κ2) is 4.84. The summed E-state index contributed by atoms with van der Waals surface area (Å²) in [6.07, 6.45) is 4.61. The van der Waals surface area contributed by atoms with Crippen LogP contribution in [0.25, 0.3) is 11.2 Å². The van der Waals surface area contributed by atoms with E-state index in [2.05, 4.69) is 27.9 Å². The number of rotatable bonds is 1. The van der Waals surface area contributed by atoms with E-state index < -0.39 is 5.69 Å². The molecule has 4 rings (SSSR count). The Morgan fingerprint density at radius 3 is 2.70 bits per heavy atom. The standard InChI is InChI=1S/C16H21N5O2/c1-9-4-5-10-7-21(8-11(10)6-9)15-17-13-12(19(15)2)14(22)18-16(23)20(13)3/h4,10-11H,5-8H2,1-3H3,(H,18,22,23)/t10-,11+/m0/s1. The van der Waals surface area contributed by atoms with Crippen molar-refractivity contribution in [2.24, 2.45) is 25.9 Å². The molecule has 1 fully saturated rings. The summed E-state index contributed by atoms with van der Waals surface area (Å²) in [6.45, 7) is 4.11. The number of nitrogens with one attached hydrogen (secondary N) is 1. The Labute approximate surface area is 133 Å². The molecule has 0 amide bonds. The average molecular weight is 315 g/mol. The van der Waals surface area contributed by atoms with Gasteiger partial charge in [-0.2, -0.15) is 4.98 Å². The number of imidazole rings is 1. The molecule has 0 spiro atoms. The van der Waals surface area contributed by atoms with Crippen LogP contribution < -0.4 is 16.1 Å². The van der Waals surface area contributed by atoms with Crippen LogP contribution in [0.15, 0.2) is 21.2 Å². The number of hydrogen-bond donors (Lipinski definition) is 1. The van der Waals surface area contributed by atoms with Crippen LogP contribution in [-0.2, 0) is 14.1 Å². The van der Waals surface area contributed by atoms with E-state index in [4.69, 9.17) is 0 Å². The Morgan fingerprint density at radius 1 is 1.17 bits per heavy atom. The number of hydrogen-bond acceptors (Lipinski definition) is 4. The van der Waals surface area contributed by atoms with Crippen LogP contribution in [-0.4, -0.2) is 32.2 Å². The first kappa shape index (κ1) is 14.3. The van der Waals surface area contributed by atoms with Crippen LogP contribution >= 0.6 is 0 Å². The van der Waals surface area contributed by atoms with Gasteiger partial charge in [-0.25, -0.2) is 4.79 Å². The molecule has 0 bridgehead atoms. The van der Waals surface area contributed by atoms with Crippen molar-refractivity contribution < 1.29 is 0 Å². The van der Waals surface area contributed by atoms with Gasteiger partial charge in [0.1, 0.15) is 0 Å². The molecule has 7 nitrogen and oxygen atoms in total. The van der Waals surface area contributed by atoms with Gasteiger partial charge in [0, 0.05) is 27.2 Å². The first-order valence-corrected chi connectivity index (χ1v) is 8.02. The van der Waals surface area contributed by atoms with Gasteiger partial charge < -0.3 is 9.47 Å². The maximum absolute atomic E-state index is 12.1. The molecule has 23 heavy (non-hydrogen) atoms. The van der Waals surface area contributed by atoms with Gasteiger partial charge in [-0.3, -0.25) is 14.3 Å². The molecule has 2 aliphatic rings. The summed E-state index contributed by atoms with van der Waals surface area (Å²) in [5, 5.41) is 0. The fourth-order valence-corrected chi connectivity index (χ4v) is 4.03. The number of fused-ring (bicyclic) bond motifs is 2. The van der Waals surface area contributed by atoms with E-state index in [1.54, 1.807) is 7.05 Å². The molecule has 3 heterocycles. The number of H-pyrrole nitrogens is 1. The third-order valence-electron chi connectivity index (χ3n) is 5.32. The second-order valence-electron chi connectivity index (χ2n) is 6.88. The van der Waals surface area contributed by atoms with Gasteiger partial charge in [-0.05, 0) is 31.6 Å². The lowest BCUT2D eigenvalue weighted by Gasteiger charge is -2.21. The van der Waals surface area contributed by atoms with Gasteiger partial charge >= 0.3 is 5.69 Å². The quantitative estimate of drug-likeness (QED) is 0.788. The summed E-state index contributed by atoms with van der Waals surface area (Å²) in [5.74, 6) is 2.08. The van der Waals surface area contributed by atoms with Crippen LogP contribution in [0.1, 0.15) is 19.8 Å². The number of aromatic amines is 1. The number of anilines is 1. The summed E-state index contributed by atoms with van der Waals surface area (Å²) in [5.41, 5.74) is 1.56. The molecule has 2 atom stereocenters. The molecule has 0 unspecified atom stereocenters. The van der Waals surface area contributed by atoms with E-state index in [0.29, 0.717) is 23.0 Å². The zero-order chi connectivity index (χ0) is 16.3. The molecule has 0 radical (unpaired) electrons. The highest BCUT2D eigenvalue weighted by Crippen LogP contribution is 2.37. The SMILES string of the molecule is CC1=CC[C@H]2CN(c3nc4c(c(=O)[nH]c(=O)n4C)n3C)C[C@H]2C1. The molecule has 1 aliphatic carbocycles. The fraction of sp³-hybridized carbons (Fsp3) is 0.562. The van der Waals surface area contributed by atoms with Gasteiger partial charge in [-0.15, -0.1) is 0 Å². The maximum atomic E-state index is 12.1. The van der Waals surface area contributed by atoms with E-state index in [1.807, 2.05) is 11.6 Å². The lowest BCUT2D eigenvalue weighted by atomic mass is 9.83. The topological polar surface area (TPSA) is 75.9 Å². The Morgan fingerprint density at radius 2 is 1.91 bits per heavy atom. The first-order chi connectivity index (χ1) is 11.0. The van der Waals surface area contributed by atoms with Crippen LogP contribution in [0, 0.1) is 11.8 Å². The van der Waals surface area contributed by atoms with Crippen molar-refractivity contribution >= 4 is 17.1 Å². The normalized spacial score (nSPS) is 24.1. The minimum absolute atomic E-state index is 0.376. The number of allylic oxidation sites excluding steroid dienone is 2. The Balaban J connectivity index is 1.78. The molecular weight excluding hydrogens is 294 g/mol. The number of aryl methyl sites for hydroxylation is 2. The van der Waals surface area contributed by atoms with Crippen LogP contribution in [0.3, 0.4) is 0 Å². The molecule has 122 valence electrons. The maximum Gasteiger partial charge on any atom is 0.329 e. The minimum Gasteiger partial charge on any atom is -0.342 e. The smallest absolute Gasteiger partial charge is 0.329 e. The monoisotopic (exact) mass is 315 g/mol. The molecule has 1 saturated heterocycles. The second-order valence-corrected chi connectivity index (χ2v) is 6.88. The van der Waals surface area contributed by atoms with Crippen molar-refractivity contribution in [1.29, 1.82) is 0 Å². The highest BCUT2D eigenvalue weighted by atomic mass is 16.2. The largest absolute Gasteiger partial charge is 0.342 e. The summed E-state index contributed by atoms with van der Waals surface area (Å²) in [7, 11) is 3.48. The van der Waals surface area contributed by atoms with Crippen LogP contribution in [0.4, 0.5) is 5.95 Å². The number of aromatic nitrogens is 4. The molecule has 7 heteroatoms. The molecular formula is C16H21N5O2. The predicted molar refractivity (Wildman–Crippen MR) is 88.8 cm³/mol. The first-order valence-electron chi connectivity index (χ1n) is 8.02. The van der Waals surface area contributed by atoms with Crippen molar-refractivity contribution in [1.82, 2.24) is 19.1 Å². The van der Waals surface area contributed by atoms with Crippen molar-refractivity contribution in [3.8, 4) is 0 Å². The van der Waals surface area contributed by atoms with Crippen molar-refractivity contribution in [2.45, 2.75) is 19.8 Å². The van der Waals surface area contributed by atoms with E-state index >= 15 is 0 Å². The van der Waals surface area contributed by atoms with Gasteiger partial charge in [0.05, 0.1) is 0 Å². The predicted octanol–water partition coefficient (Wildman–Crippen LogP) is 0.753. The Hall–Kier alpha value is -2.31. The highest BCUT2D eigenvalue weighted by Gasteiger charge is 2.36.